The van der Waals surface area contributed by atoms with Crippen LogP contribution in [0.4, 0.5) is 0 Å². The quantitative estimate of drug-likeness (QED) is 0.727. The number of carbonyl (C=O) groups excluding carboxylic acids is 1. The molecule has 1 aromatic carbocycles. The smallest absolute Gasteiger partial charge is 0.275 e. The lowest BCUT2D eigenvalue weighted by Gasteiger charge is -2.17. The first-order valence-corrected chi connectivity index (χ1v) is 9.62. The number of sulfone groups is 1. The molecule has 1 aliphatic heterocycles. The van der Waals surface area contributed by atoms with Crippen LogP contribution in [0.2, 0.25) is 5.02 Å². The fraction of sp³-hybridized carbons (Fsp3) is 0.533. The molecule has 8 heteroatoms. The molecule has 1 aromatic rings. The van der Waals surface area contributed by atoms with E-state index < -0.39 is 9.84 Å². The maximum atomic E-state index is 12.0. The van der Waals surface area contributed by atoms with Gasteiger partial charge in [0.05, 0.1) is 25.7 Å². The Kier molecular flexibility index (Phi) is 5.89. The first-order chi connectivity index (χ1) is 10.8. The SMILES string of the molecule is COc1ccc(Cl)cc1C[NH+](C)CC(=O)N[C@@H]1CCS(=O)(=O)C1. The Hall–Kier alpha value is -1.31. The van der Waals surface area contributed by atoms with Crippen LogP contribution in [-0.2, 0) is 21.2 Å². The summed E-state index contributed by atoms with van der Waals surface area (Å²) >= 11 is 6.00. The monoisotopic (exact) mass is 361 g/mol. The molecular weight excluding hydrogens is 340 g/mol. The molecule has 1 amide bonds. The number of hydrogen-bond acceptors (Lipinski definition) is 4. The van der Waals surface area contributed by atoms with Gasteiger partial charge in [-0.2, -0.15) is 0 Å². The van der Waals surface area contributed by atoms with E-state index >= 15 is 0 Å². The molecule has 23 heavy (non-hydrogen) atoms. The Morgan fingerprint density at radius 3 is 2.83 bits per heavy atom. The summed E-state index contributed by atoms with van der Waals surface area (Å²) in [4.78, 5) is 13.0. The van der Waals surface area contributed by atoms with Crippen molar-refractivity contribution in [3.8, 4) is 5.75 Å². The zero-order valence-corrected chi connectivity index (χ0v) is 14.8. The van der Waals surface area contributed by atoms with E-state index in [2.05, 4.69) is 5.32 Å². The predicted octanol–water partition coefficient (Wildman–Crippen LogP) is -0.333. The molecule has 0 bridgehead atoms. The Labute approximate surface area is 141 Å². The van der Waals surface area contributed by atoms with Gasteiger partial charge in [-0.05, 0) is 24.6 Å². The summed E-state index contributed by atoms with van der Waals surface area (Å²) in [6.07, 6.45) is 0.495. The van der Waals surface area contributed by atoms with Gasteiger partial charge in [0.25, 0.3) is 5.91 Å². The van der Waals surface area contributed by atoms with Gasteiger partial charge in [-0.15, -0.1) is 0 Å². The highest BCUT2D eigenvalue weighted by Gasteiger charge is 2.29. The minimum absolute atomic E-state index is 0.0416. The molecule has 1 fully saturated rings. The Morgan fingerprint density at radius 1 is 1.48 bits per heavy atom. The molecular formula is C15H22ClN2O4S+. The van der Waals surface area contributed by atoms with Gasteiger partial charge in [-0.3, -0.25) is 4.79 Å². The zero-order valence-electron chi connectivity index (χ0n) is 13.3. The summed E-state index contributed by atoms with van der Waals surface area (Å²) in [5, 5.41) is 3.41. The van der Waals surface area contributed by atoms with Crippen LogP contribution in [0.1, 0.15) is 12.0 Å². The number of likely N-dealkylation sites (N-methyl/N-ethyl adjacent to an activating group) is 1. The Morgan fingerprint density at radius 2 is 2.22 bits per heavy atom. The van der Waals surface area contributed by atoms with Gasteiger partial charge in [0.2, 0.25) is 0 Å². The van der Waals surface area contributed by atoms with E-state index in [9.17, 15) is 13.2 Å². The van der Waals surface area contributed by atoms with Crippen molar-refractivity contribution in [3.63, 3.8) is 0 Å². The summed E-state index contributed by atoms with van der Waals surface area (Å²) in [7, 11) is 0.502. The number of benzene rings is 1. The number of methoxy groups -OCH3 is 1. The molecule has 6 nitrogen and oxygen atoms in total. The second kappa shape index (κ2) is 7.51. The lowest BCUT2D eigenvalue weighted by molar-refractivity contribution is -0.885. The summed E-state index contributed by atoms with van der Waals surface area (Å²) in [5.74, 6) is 0.780. The highest BCUT2D eigenvalue weighted by molar-refractivity contribution is 7.91. The van der Waals surface area contributed by atoms with Gasteiger partial charge in [0.1, 0.15) is 12.3 Å². The topological polar surface area (TPSA) is 76.9 Å². The fourth-order valence-corrected chi connectivity index (χ4v) is 4.60. The van der Waals surface area contributed by atoms with Crippen molar-refractivity contribution in [2.45, 2.75) is 19.0 Å². The zero-order chi connectivity index (χ0) is 17.0. The number of rotatable bonds is 6. The summed E-state index contributed by atoms with van der Waals surface area (Å²) in [6, 6.07) is 5.12. The molecule has 1 unspecified atom stereocenters. The van der Waals surface area contributed by atoms with Crippen LogP contribution in [0, 0.1) is 0 Å². The van der Waals surface area contributed by atoms with Crippen molar-refractivity contribution in [3.05, 3.63) is 28.8 Å². The molecule has 2 atom stereocenters. The average Bonchev–Trinajstić information content (AvgIpc) is 2.77. The number of ether oxygens (including phenoxy) is 1. The summed E-state index contributed by atoms with van der Waals surface area (Å²) in [6.45, 7) is 0.840. The maximum absolute atomic E-state index is 12.0. The van der Waals surface area contributed by atoms with Crippen LogP contribution in [-0.4, -0.2) is 52.6 Å². The number of carbonyl (C=O) groups is 1. The standard InChI is InChI=1S/C15H21ClN2O4S/c1-18(8-11-7-12(16)3-4-14(11)22-2)9-15(19)17-13-5-6-23(20,21)10-13/h3-4,7,13H,5-6,8-10H2,1-2H3,(H,17,19)/p+1/t13-/m1/s1. The van der Waals surface area contributed by atoms with Gasteiger partial charge < -0.3 is 15.0 Å². The molecule has 1 aliphatic rings. The van der Waals surface area contributed by atoms with E-state index in [0.29, 0.717) is 18.0 Å². The Bertz CT molecular complexity index is 678. The molecule has 0 spiro atoms. The van der Waals surface area contributed by atoms with Crippen LogP contribution < -0.4 is 15.0 Å². The van der Waals surface area contributed by atoms with E-state index in [4.69, 9.17) is 16.3 Å². The van der Waals surface area contributed by atoms with Crippen molar-refractivity contribution in [2.24, 2.45) is 0 Å². The average molecular weight is 362 g/mol. The second-order valence-corrected chi connectivity index (χ2v) is 8.60. The fourth-order valence-electron chi connectivity index (χ4n) is 2.73. The van der Waals surface area contributed by atoms with Gasteiger partial charge in [0.15, 0.2) is 16.4 Å². The summed E-state index contributed by atoms with van der Waals surface area (Å²) < 4.78 is 28.1. The van der Waals surface area contributed by atoms with Crippen molar-refractivity contribution < 1.29 is 22.8 Å². The van der Waals surface area contributed by atoms with Crippen LogP contribution in [0.5, 0.6) is 5.75 Å². The van der Waals surface area contributed by atoms with E-state index in [1.807, 2.05) is 13.1 Å². The van der Waals surface area contributed by atoms with Crippen LogP contribution in [0.15, 0.2) is 18.2 Å². The maximum Gasteiger partial charge on any atom is 0.275 e. The van der Waals surface area contributed by atoms with E-state index in [-0.39, 0.29) is 30.0 Å². The molecule has 128 valence electrons. The largest absolute Gasteiger partial charge is 0.496 e. The van der Waals surface area contributed by atoms with Crippen LogP contribution in [0.3, 0.4) is 0 Å². The summed E-state index contributed by atoms with van der Waals surface area (Å²) in [5.41, 5.74) is 0.925. The lowest BCUT2D eigenvalue weighted by Crippen LogP contribution is -3.09. The highest BCUT2D eigenvalue weighted by atomic mass is 35.5. The van der Waals surface area contributed by atoms with Crippen molar-refractivity contribution in [1.29, 1.82) is 0 Å². The number of halogens is 1. The highest BCUT2D eigenvalue weighted by Crippen LogP contribution is 2.21. The second-order valence-electron chi connectivity index (χ2n) is 5.93. The number of quaternary nitrogens is 1. The Balaban J connectivity index is 1.88. The predicted molar refractivity (Wildman–Crippen MR) is 88.7 cm³/mol. The van der Waals surface area contributed by atoms with Crippen LogP contribution >= 0.6 is 11.6 Å². The third-order valence-electron chi connectivity index (χ3n) is 3.79. The van der Waals surface area contributed by atoms with Gasteiger partial charge in [-0.25, -0.2) is 8.42 Å². The van der Waals surface area contributed by atoms with Gasteiger partial charge in [0, 0.05) is 16.6 Å². The molecule has 0 saturated carbocycles. The van der Waals surface area contributed by atoms with E-state index in [0.717, 1.165) is 16.2 Å². The molecule has 1 heterocycles. The lowest BCUT2D eigenvalue weighted by atomic mass is 10.2. The first kappa shape index (κ1) is 18.0. The molecule has 1 saturated heterocycles. The minimum Gasteiger partial charge on any atom is -0.496 e. The van der Waals surface area contributed by atoms with E-state index in [1.54, 1.807) is 19.2 Å². The van der Waals surface area contributed by atoms with Crippen molar-refractivity contribution >= 4 is 27.3 Å². The number of amides is 1. The van der Waals surface area contributed by atoms with Gasteiger partial charge >= 0.3 is 0 Å². The molecule has 0 aromatic heterocycles. The van der Waals surface area contributed by atoms with Crippen molar-refractivity contribution in [1.82, 2.24) is 5.32 Å². The molecule has 0 aliphatic carbocycles. The van der Waals surface area contributed by atoms with Crippen LogP contribution in [0.25, 0.3) is 0 Å². The minimum atomic E-state index is -2.98. The number of hydrogen-bond donors (Lipinski definition) is 2. The third-order valence-corrected chi connectivity index (χ3v) is 5.80. The molecule has 0 radical (unpaired) electrons. The van der Waals surface area contributed by atoms with Crippen molar-refractivity contribution in [2.75, 3.05) is 32.2 Å². The number of nitrogens with one attached hydrogen (secondary N) is 2. The van der Waals surface area contributed by atoms with E-state index in [1.165, 1.54) is 0 Å². The first-order valence-electron chi connectivity index (χ1n) is 7.42. The van der Waals surface area contributed by atoms with Gasteiger partial charge in [-0.1, -0.05) is 11.6 Å². The molecule has 2 N–H and O–H groups in total. The normalized spacial score (nSPS) is 20.9. The third kappa shape index (κ3) is 5.37. The molecule has 2 rings (SSSR count).